The largest absolute Gasteiger partial charge is 0.355 e. The van der Waals surface area contributed by atoms with E-state index >= 15 is 0 Å². The molecule has 1 rings (SSSR count). The number of carbonyl (C=O) groups is 1. The highest BCUT2D eigenvalue weighted by Gasteiger charge is 2.14. The molecule has 0 aromatic rings. The summed E-state index contributed by atoms with van der Waals surface area (Å²) < 4.78 is 22.7. The molecule has 0 radical (unpaired) electrons. The second-order valence-corrected chi connectivity index (χ2v) is 6.66. The van der Waals surface area contributed by atoms with E-state index in [4.69, 9.17) is 0 Å². The molecule has 5 heteroatoms. The highest BCUT2D eigenvalue weighted by Crippen LogP contribution is 2.19. The molecule has 0 fully saturated rings. The number of rotatable bonds is 7. The van der Waals surface area contributed by atoms with Gasteiger partial charge in [0, 0.05) is 6.54 Å². The SMILES string of the molecule is C=CCS(=O)(=O)CC(=O)NCCC1=CCCCC1. The maximum absolute atomic E-state index is 11.4. The number of allylic oxidation sites excluding steroid dienone is 1. The van der Waals surface area contributed by atoms with Crippen LogP contribution in [-0.4, -0.2) is 32.4 Å². The van der Waals surface area contributed by atoms with E-state index < -0.39 is 21.5 Å². The Morgan fingerprint density at radius 1 is 1.44 bits per heavy atom. The Kier molecular flexibility index (Phi) is 6.12. The van der Waals surface area contributed by atoms with Gasteiger partial charge in [-0.15, -0.1) is 6.58 Å². The average molecular weight is 271 g/mol. The number of nitrogens with one attached hydrogen (secondary N) is 1. The highest BCUT2D eigenvalue weighted by molar-refractivity contribution is 7.92. The first-order valence-electron chi connectivity index (χ1n) is 6.29. The van der Waals surface area contributed by atoms with Gasteiger partial charge in [-0.25, -0.2) is 8.42 Å². The standard InChI is InChI=1S/C13H21NO3S/c1-2-10-18(16,17)11-13(15)14-9-8-12-6-4-3-5-7-12/h2,6H,1,3-5,7-11H2,(H,14,15). The van der Waals surface area contributed by atoms with Crippen LogP contribution >= 0.6 is 0 Å². The van der Waals surface area contributed by atoms with Crippen molar-refractivity contribution >= 4 is 15.7 Å². The topological polar surface area (TPSA) is 63.2 Å². The van der Waals surface area contributed by atoms with Crippen LogP contribution in [0.4, 0.5) is 0 Å². The summed E-state index contributed by atoms with van der Waals surface area (Å²) in [7, 11) is -3.33. The van der Waals surface area contributed by atoms with Crippen LogP contribution < -0.4 is 5.32 Å². The Balaban J connectivity index is 2.25. The zero-order chi connectivity index (χ0) is 13.4. The van der Waals surface area contributed by atoms with Crippen molar-refractivity contribution in [1.29, 1.82) is 0 Å². The lowest BCUT2D eigenvalue weighted by molar-refractivity contribution is -0.118. The minimum absolute atomic E-state index is 0.147. The van der Waals surface area contributed by atoms with Crippen molar-refractivity contribution in [3.8, 4) is 0 Å². The number of hydrogen-bond donors (Lipinski definition) is 1. The fraction of sp³-hybridized carbons (Fsp3) is 0.615. The van der Waals surface area contributed by atoms with Crippen molar-refractivity contribution in [1.82, 2.24) is 5.32 Å². The third-order valence-electron chi connectivity index (χ3n) is 2.88. The Morgan fingerprint density at radius 3 is 2.83 bits per heavy atom. The molecule has 18 heavy (non-hydrogen) atoms. The fourth-order valence-electron chi connectivity index (χ4n) is 1.98. The molecule has 1 N–H and O–H groups in total. The lowest BCUT2D eigenvalue weighted by Gasteiger charge is -2.12. The number of sulfone groups is 1. The lowest BCUT2D eigenvalue weighted by atomic mass is 9.97. The van der Waals surface area contributed by atoms with Crippen molar-refractivity contribution in [3.05, 3.63) is 24.3 Å². The summed E-state index contributed by atoms with van der Waals surface area (Å²) >= 11 is 0. The van der Waals surface area contributed by atoms with E-state index in [2.05, 4.69) is 18.0 Å². The van der Waals surface area contributed by atoms with Gasteiger partial charge in [-0.2, -0.15) is 0 Å². The van der Waals surface area contributed by atoms with Gasteiger partial charge in [-0.3, -0.25) is 4.79 Å². The number of hydrogen-bond acceptors (Lipinski definition) is 3. The summed E-state index contributed by atoms with van der Waals surface area (Å²) in [5, 5.41) is 2.65. The number of carbonyl (C=O) groups excluding carboxylic acids is 1. The molecule has 1 aliphatic rings. The molecule has 0 aromatic carbocycles. The molecule has 0 aromatic heterocycles. The third-order valence-corrected chi connectivity index (χ3v) is 4.32. The molecule has 102 valence electrons. The molecule has 0 spiro atoms. The van der Waals surface area contributed by atoms with E-state index in [1.807, 2.05) is 0 Å². The van der Waals surface area contributed by atoms with Gasteiger partial charge in [0.2, 0.25) is 5.91 Å². The Hall–Kier alpha value is -1.10. The third kappa shape index (κ3) is 6.00. The van der Waals surface area contributed by atoms with E-state index in [-0.39, 0.29) is 5.75 Å². The molecule has 0 saturated heterocycles. The average Bonchev–Trinajstić information content (AvgIpc) is 2.29. The molecule has 0 unspecified atom stereocenters. The first kappa shape index (κ1) is 15.0. The van der Waals surface area contributed by atoms with Crippen molar-refractivity contribution in [2.75, 3.05) is 18.1 Å². The van der Waals surface area contributed by atoms with Crippen LogP contribution in [-0.2, 0) is 14.6 Å². The summed E-state index contributed by atoms with van der Waals surface area (Å²) in [6.07, 6.45) is 9.04. The quantitative estimate of drug-likeness (QED) is 0.715. The van der Waals surface area contributed by atoms with Crippen molar-refractivity contribution in [3.63, 3.8) is 0 Å². The molecule has 1 aliphatic carbocycles. The van der Waals surface area contributed by atoms with Gasteiger partial charge < -0.3 is 5.32 Å². The molecular formula is C13H21NO3S. The second kappa shape index (κ2) is 7.36. The van der Waals surface area contributed by atoms with Crippen LogP contribution in [0.25, 0.3) is 0 Å². The van der Waals surface area contributed by atoms with Crippen LogP contribution in [0, 0.1) is 0 Å². The maximum Gasteiger partial charge on any atom is 0.235 e. The van der Waals surface area contributed by atoms with Gasteiger partial charge in [0.1, 0.15) is 5.75 Å². The Morgan fingerprint density at radius 2 is 2.22 bits per heavy atom. The lowest BCUT2D eigenvalue weighted by Crippen LogP contribution is -2.31. The summed E-state index contributed by atoms with van der Waals surface area (Å²) in [5.74, 6) is -1.02. The first-order chi connectivity index (χ1) is 8.53. The van der Waals surface area contributed by atoms with Crippen LogP contribution in [0.2, 0.25) is 0 Å². The second-order valence-electron chi connectivity index (χ2n) is 4.55. The van der Waals surface area contributed by atoms with Gasteiger partial charge in [-0.05, 0) is 32.1 Å². The molecule has 0 heterocycles. The molecular weight excluding hydrogens is 250 g/mol. The number of amides is 1. The first-order valence-corrected chi connectivity index (χ1v) is 8.11. The minimum Gasteiger partial charge on any atom is -0.355 e. The summed E-state index contributed by atoms with van der Waals surface area (Å²) in [4.78, 5) is 11.4. The zero-order valence-corrected chi connectivity index (χ0v) is 11.5. The smallest absolute Gasteiger partial charge is 0.235 e. The van der Waals surface area contributed by atoms with Gasteiger partial charge in [0.15, 0.2) is 9.84 Å². The Bertz CT molecular complexity index is 424. The monoisotopic (exact) mass is 271 g/mol. The van der Waals surface area contributed by atoms with E-state index in [1.54, 1.807) is 0 Å². The van der Waals surface area contributed by atoms with Crippen molar-refractivity contribution in [2.24, 2.45) is 0 Å². The summed E-state index contributed by atoms with van der Waals surface area (Å²) in [6, 6.07) is 0. The van der Waals surface area contributed by atoms with Crippen LogP contribution in [0.15, 0.2) is 24.3 Å². The molecule has 1 amide bonds. The minimum atomic E-state index is -3.33. The Labute approximate surface area is 109 Å². The summed E-state index contributed by atoms with van der Waals surface area (Å²) in [5.41, 5.74) is 1.37. The molecule has 0 saturated carbocycles. The van der Waals surface area contributed by atoms with Crippen LogP contribution in [0.1, 0.15) is 32.1 Å². The normalized spacial score (nSPS) is 15.9. The van der Waals surface area contributed by atoms with E-state index in [1.165, 1.54) is 24.5 Å². The van der Waals surface area contributed by atoms with E-state index in [9.17, 15) is 13.2 Å². The molecule has 0 bridgehead atoms. The zero-order valence-electron chi connectivity index (χ0n) is 10.7. The maximum atomic E-state index is 11.4. The molecule has 4 nitrogen and oxygen atoms in total. The highest BCUT2D eigenvalue weighted by atomic mass is 32.2. The van der Waals surface area contributed by atoms with Gasteiger partial charge in [0.05, 0.1) is 5.75 Å². The summed E-state index contributed by atoms with van der Waals surface area (Å²) in [6.45, 7) is 3.88. The molecule has 0 atom stereocenters. The van der Waals surface area contributed by atoms with Crippen molar-refractivity contribution in [2.45, 2.75) is 32.1 Å². The van der Waals surface area contributed by atoms with Gasteiger partial charge in [-0.1, -0.05) is 17.7 Å². The van der Waals surface area contributed by atoms with Crippen LogP contribution in [0.5, 0.6) is 0 Å². The van der Waals surface area contributed by atoms with Crippen LogP contribution in [0.3, 0.4) is 0 Å². The van der Waals surface area contributed by atoms with Gasteiger partial charge in [0.25, 0.3) is 0 Å². The van der Waals surface area contributed by atoms with Crippen molar-refractivity contribution < 1.29 is 13.2 Å². The van der Waals surface area contributed by atoms with Gasteiger partial charge >= 0.3 is 0 Å². The predicted octanol–water partition coefficient (Wildman–Crippen LogP) is 1.59. The van der Waals surface area contributed by atoms with E-state index in [0.717, 1.165) is 19.3 Å². The molecule has 0 aliphatic heterocycles. The van der Waals surface area contributed by atoms with E-state index in [0.29, 0.717) is 6.54 Å². The fourth-order valence-corrected chi connectivity index (χ4v) is 2.96. The predicted molar refractivity (Wildman–Crippen MR) is 73.0 cm³/mol.